The van der Waals surface area contributed by atoms with Crippen molar-refractivity contribution in [3.63, 3.8) is 0 Å². The number of ether oxygens (including phenoxy) is 2. The molecule has 7 nitrogen and oxygen atoms in total. The van der Waals surface area contributed by atoms with E-state index in [1.165, 1.54) is 0 Å². The second kappa shape index (κ2) is 12.1. The number of carboxylic acids is 1. The summed E-state index contributed by atoms with van der Waals surface area (Å²) < 4.78 is 12.1. The highest BCUT2D eigenvalue weighted by Crippen LogP contribution is 2.43. The molecule has 40 heavy (non-hydrogen) atoms. The van der Waals surface area contributed by atoms with Crippen molar-refractivity contribution in [2.75, 3.05) is 24.6 Å². The first-order valence-corrected chi connectivity index (χ1v) is 14.2. The summed E-state index contributed by atoms with van der Waals surface area (Å²) in [5.74, 6) is -0.369. The van der Waals surface area contributed by atoms with Gasteiger partial charge in [0.05, 0.1) is 29.8 Å². The van der Waals surface area contributed by atoms with Gasteiger partial charge in [-0.3, -0.25) is 9.97 Å². The number of aryl methyl sites for hydroxylation is 1. The molecule has 1 unspecified atom stereocenters. The monoisotopic (exact) mass is 565 g/mol. The second-order valence-electron chi connectivity index (χ2n) is 12.2. The Morgan fingerprint density at radius 2 is 1.75 bits per heavy atom. The highest BCUT2D eigenvalue weighted by atomic mass is 35.5. The Hall–Kier alpha value is -3.16. The lowest BCUT2D eigenvalue weighted by Gasteiger charge is -2.40. The highest BCUT2D eigenvalue weighted by molar-refractivity contribution is 6.30. The van der Waals surface area contributed by atoms with E-state index in [4.69, 9.17) is 26.1 Å². The van der Waals surface area contributed by atoms with Crippen LogP contribution < -0.4 is 9.64 Å². The van der Waals surface area contributed by atoms with E-state index in [9.17, 15) is 9.90 Å². The van der Waals surface area contributed by atoms with Crippen molar-refractivity contribution in [2.45, 2.75) is 72.5 Å². The molecule has 2 aromatic heterocycles. The maximum atomic E-state index is 12.6. The molecule has 1 N–H and O–H groups in total. The molecule has 0 radical (unpaired) electrons. The summed E-state index contributed by atoms with van der Waals surface area (Å²) in [6.07, 6.45) is 5.10. The van der Waals surface area contributed by atoms with Crippen LogP contribution in [0.2, 0.25) is 5.02 Å². The van der Waals surface area contributed by atoms with E-state index in [0.29, 0.717) is 34.3 Å². The zero-order valence-corrected chi connectivity index (χ0v) is 25.1. The van der Waals surface area contributed by atoms with E-state index in [0.717, 1.165) is 49.2 Å². The van der Waals surface area contributed by atoms with Crippen molar-refractivity contribution in [1.29, 1.82) is 0 Å². The number of carboxylic acid groups (broad SMARTS) is 1. The quantitative estimate of drug-likeness (QED) is 0.291. The van der Waals surface area contributed by atoms with Gasteiger partial charge >= 0.3 is 5.97 Å². The maximum Gasteiger partial charge on any atom is 0.337 e. The van der Waals surface area contributed by atoms with Crippen LogP contribution in [0.25, 0.3) is 11.3 Å². The number of nitrogens with zero attached hydrogens (tertiary/aromatic N) is 3. The summed E-state index contributed by atoms with van der Waals surface area (Å²) in [6.45, 7) is 14.1. The van der Waals surface area contributed by atoms with E-state index < -0.39 is 17.7 Å². The Balaban J connectivity index is 1.67. The van der Waals surface area contributed by atoms with Gasteiger partial charge in [-0.05, 0) is 75.8 Å². The van der Waals surface area contributed by atoms with Gasteiger partial charge < -0.3 is 19.5 Å². The first kappa shape index (κ1) is 29.8. The fourth-order valence-electron chi connectivity index (χ4n) is 4.94. The van der Waals surface area contributed by atoms with Crippen molar-refractivity contribution in [3.8, 4) is 17.0 Å². The van der Waals surface area contributed by atoms with Crippen molar-refractivity contribution in [1.82, 2.24) is 9.97 Å². The van der Waals surface area contributed by atoms with Crippen LogP contribution in [0.4, 0.5) is 5.69 Å². The van der Waals surface area contributed by atoms with Crippen LogP contribution in [0.1, 0.15) is 70.4 Å². The van der Waals surface area contributed by atoms with Crippen LogP contribution in [0.5, 0.6) is 5.75 Å². The van der Waals surface area contributed by atoms with Crippen molar-refractivity contribution < 1.29 is 19.4 Å². The van der Waals surface area contributed by atoms with Gasteiger partial charge in [-0.2, -0.15) is 0 Å². The number of halogens is 1. The predicted molar refractivity (Wildman–Crippen MR) is 159 cm³/mol. The van der Waals surface area contributed by atoms with Crippen LogP contribution >= 0.6 is 11.6 Å². The zero-order valence-electron chi connectivity index (χ0n) is 24.3. The number of carbonyl (C=O) groups is 1. The molecule has 1 saturated heterocycles. The van der Waals surface area contributed by atoms with Crippen LogP contribution in [-0.4, -0.2) is 46.3 Å². The van der Waals surface area contributed by atoms with Crippen LogP contribution in [-0.2, 0) is 16.0 Å². The first-order valence-electron chi connectivity index (χ1n) is 13.8. The van der Waals surface area contributed by atoms with E-state index >= 15 is 0 Å². The second-order valence-corrected chi connectivity index (χ2v) is 12.7. The van der Waals surface area contributed by atoms with Gasteiger partial charge in [-0.1, -0.05) is 37.6 Å². The lowest BCUT2D eigenvalue weighted by atomic mass is 9.82. The zero-order chi connectivity index (χ0) is 29.1. The SMILES string of the molecule is Cc1ncc(-c2ccc(OCCc3ccc(Cl)cc3)cn2)c(N2CCC(C)(C)CC2)c1C(OC(C)(C)C)C(=O)O. The topological polar surface area (TPSA) is 84.8 Å². The van der Waals surface area contributed by atoms with E-state index in [-0.39, 0.29) is 5.41 Å². The molecule has 0 saturated carbocycles. The average molecular weight is 566 g/mol. The van der Waals surface area contributed by atoms with Gasteiger partial charge in [0.25, 0.3) is 0 Å². The van der Waals surface area contributed by atoms with Gasteiger partial charge in [0.1, 0.15) is 5.75 Å². The normalized spacial score (nSPS) is 16.0. The minimum absolute atomic E-state index is 0.232. The van der Waals surface area contributed by atoms with Gasteiger partial charge in [-0.25, -0.2) is 4.79 Å². The number of rotatable bonds is 9. The molecule has 0 bridgehead atoms. The van der Waals surface area contributed by atoms with Crippen molar-refractivity contribution in [2.24, 2.45) is 5.41 Å². The Labute approximate surface area is 242 Å². The predicted octanol–water partition coefficient (Wildman–Crippen LogP) is 7.29. The Morgan fingerprint density at radius 1 is 1.07 bits per heavy atom. The summed E-state index contributed by atoms with van der Waals surface area (Å²) >= 11 is 5.98. The van der Waals surface area contributed by atoms with Gasteiger partial charge in [0.2, 0.25) is 0 Å². The van der Waals surface area contributed by atoms with E-state index in [2.05, 4.69) is 23.7 Å². The Morgan fingerprint density at radius 3 is 2.33 bits per heavy atom. The van der Waals surface area contributed by atoms with Gasteiger partial charge in [0, 0.05) is 47.6 Å². The molecule has 1 fully saturated rings. The molecule has 1 aliphatic heterocycles. The fraction of sp³-hybridized carbons (Fsp3) is 0.469. The minimum atomic E-state index is -1.16. The Kier molecular flexibility index (Phi) is 9.06. The molecule has 3 aromatic rings. The van der Waals surface area contributed by atoms with Crippen molar-refractivity contribution in [3.05, 3.63) is 70.6 Å². The summed E-state index contributed by atoms with van der Waals surface area (Å²) in [5, 5.41) is 11.0. The van der Waals surface area contributed by atoms with Crippen LogP contribution in [0.15, 0.2) is 48.8 Å². The summed E-state index contributed by atoms with van der Waals surface area (Å²) in [7, 11) is 0. The Bertz CT molecular complexity index is 1310. The molecule has 1 atom stereocenters. The number of hydrogen-bond acceptors (Lipinski definition) is 6. The summed E-state index contributed by atoms with van der Waals surface area (Å²) in [4.78, 5) is 24.2. The molecule has 1 aliphatic rings. The van der Waals surface area contributed by atoms with Gasteiger partial charge in [0.15, 0.2) is 6.10 Å². The number of hydrogen-bond donors (Lipinski definition) is 1. The molecule has 8 heteroatoms. The third kappa shape index (κ3) is 7.52. The largest absolute Gasteiger partial charge is 0.492 e. The van der Waals surface area contributed by atoms with E-state index in [1.807, 2.05) is 64.1 Å². The molecule has 1 aromatic carbocycles. The van der Waals surface area contributed by atoms with E-state index in [1.54, 1.807) is 12.4 Å². The van der Waals surface area contributed by atoms with Gasteiger partial charge in [-0.15, -0.1) is 0 Å². The number of benzene rings is 1. The molecule has 214 valence electrons. The number of piperidine rings is 1. The molecule has 0 spiro atoms. The maximum absolute atomic E-state index is 12.6. The summed E-state index contributed by atoms with van der Waals surface area (Å²) in [5.41, 5.74) is 4.28. The first-order chi connectivity index (χ1) is 18.8. The number of aliphatic carboxylic acids is 1. The number of aromatic nitrogens is 2. The third-order valence-corrected chi connectivity index (χ3v) is 7.52. The average Bonchev–Trinajstić information content (AvgIpc) is 2.88. The highest BCUT2D eigenvalue weighted by Gasteiger charge is 2.36. The molecule has 0 aliphatic carbocycles. The molecule has 3 heterocycles. The summed E-state index contributed by atoms with van der Waals surface area (Å²) in [6, 6.07) is 11.5. The lowest BCUT2D eigenvalue weighted by Crippen LogP contribution is -2.39. The molecule has 0 amide bonds. The molecular weight excluding hydrogens is 526 g/mol. The number of pyridine rings is 2. The molecule has 4 rings (SSSR count). The van der Waals surface area contributed by atoms with Crippen LogP contribution in [0.3, 0.4) is 0 Å². The number of anilines is 1. The minimum Gasteiger partial charge on any atom is -0.492 e. The molecular formula is C32H40ClN3O4. The smallest absolute Gasteiger partial charge is 0.337 e. The standard InChI is InChI=1S/C32H40ClN3O4/c1-21-27(29(30(37)38)40-31(2,3)4)28(36-16-14-32(5,6)15-17-36)25(20-34-21)26-12-11-24(19-35-26)39-18-13-22-7-9-23(33)10-8-22/h7-12,19-20,29H,13-18H2,1-6H3,(H,37,38). The van der Waals surface area contributed by atoms with Crippen LogP contribution in [0, 0.1) is 12.3 Å². The third-order valence-electron chi connectivity index (χ3n) is 7.26. The van der Waals surface area contributed by atoms with Crippen molar-refractivity contribution >= 4 is 23.3 Å². The fourth-order valence-corrected chi connectivity index (χ4v) is 5.06. The lowest BCUT2D eigenvalue weighted by molar-refractivity contribution is -0.160.